The summed E-state index contributed by atoms with van der Waals surface area (Å²) >= 11 is 1.67. The second-order valence-electron chi connectivity index (χ2n) is 6.90. The van der Waals surface area contributed by atoms with Gasteiger partial charge in [-0.15, -0.1) is 11.8 Å². The predicted octanol–water partition coefficient (Wildman–Crippen LogP) is 1.44. The van der Waals surface area contributed by atoms with E-state index in [2.05, 4.69) is 10.2 Å². The lowest BCUT2D eigenvalue weighted by molar-refractivity contribution is -0.124. The summed E-state index contributed by atoms with van der Waals surface area (Å²) in [6, 6.07) is 6.62. The van der Waals surface area contributed by atoms with Crippen molar-refractivity contribution < 1.29 is 19.1 Å². The van der Waals surface area contributed by atoms with Crippen LogP contribution in [0.5, 0.6) is 5.75 Å². The normalized spacial score (nSPS) is 22.9. The number of rotatable bonds is 7. The molecule has 7 nitrogen and oxygen atoms in total. The molecule has 2 aliphatic rings. The second-order valence-corrected chi connectivity index (χ2v) is 8.11. The lowest BCUT2D eigenvalue weighted by Gasteiger charge is -2.29. The van der Waals surface area contributed by atoms with Crippen LogP contribution in [-0.4, -0.2) is 85.3 Å². The number of benzene rings is 1. The first-order chi connectivity index (χ1) is 13.6. The number of hydrogen-bond acceptors (Lipinski definition) is 6. The Morgan fingerprint density at radius 1 is 1.25 bits per heavy atom. The average molecular weight is 408 g/mol. The van der Waals surface area contributed by atoms with Crippen LogP contribution in [0.25, 0.3) is 0 Å². The van der Waals surface area contributed by atoms with Gasteiger partial charge >= 0.3 is 0 Å². The van der Waals surface area contributed by atoms with Crippen LogP contribution in [0.1, 0.15) is 23.7 Å². The zero-order valence-corrected chi connectivity index (χ0v) is 17.4. The number of morpholine rings is 1. The smallest absolute Gasteiger partial charge is 0.255 e. The molecule has 2 saturated heterocycles. The molecule has 2 aliphatic heterocycles. The zero-order valence-electron chi connectivity index (χ0n) is 16.6. The van der Waals surface area contributed by atoms with Crippen LogP contribution in [0.15, 0.2) is 24.3 Å². The van der Waals surface area contributed by atoms with Crippen LogP contribution in [0.4, 0.5) is 0 Å². The molecule has 1 aromatic carbocycles. The lowest BCUT2D eigenvalue weighted by atomic mass is 10.1. The first-order valence-electron chi connectivity index (χ1n) is 9.80. The Bertz CT molecular complexity index is 664. The largest absolute Gasteiger partial charge is 0.497 e. The Kier molecular flexibility index (Phi) is 7.58. The monoisotopic (exact) mass is 407 g/mol. The van der Waals surface area contributed by atoms with Crippen molar-refractivity contribution in [1.82, 2.24) is 15.1 Å². The summed E-state index contributed by atoms with van der Waals surface area (Å²) in [5.41, 5.74) is 0.577. The maximum Gasteiger partial charge on any atom is 0.255 e. The van der Waals surface area contributed by atoms with Crippen molar-refractivity contribution >= 4 is 23.6 Å². The van der Waals surface area contributed by atoms with Crippen molar-refractivity contribution in [2.75, 3.05) is 52.3 Å². The van der Waals surface area contributed by atoms with E-state index in [1.807, 2.05) is 6.92 Å². The number of thioether (sulfide) groups is 1. The Morgan fingerprint density at radius 2 is 1.96 bits per heavy atom. The Hall–Kier alpha value is -1.77. The molecule has 0 aromatic heterocycles. The molecule has 0 spiro atoms. The molecule has 0 bridgehead atoms. The molecule has 0 aliphatic carbocycles. The number of ether oxygens (including phenoxy) is 2. The second kappa shape index (κ2) is 10.1. The highest BCUT2D eigenvalue weighted by Gasteiger charge is 2.40. The van der Waals surface area contributed by atoms with E-state index < -0.39 is 6.04 Å². The molecule has 1 aromatic rings. The molecule has 1 N–H and O–H groups in total. The molecule has 2 amide bonds. The van der Waals surface area contributed by atoms with Gasteiger partial charge in [-0.2, -0.15) is 0 Å². The summed E-state index contributed by atoms with van der Waals surface area (Å²) in [6.45, 7) is 6.72. The summed E-state index contributed by atoms with van der Waals surface area (Å²) < 4.78 is 10.5. The van der Waals surface area contributed by atoms with Crippen molar-refractivity contribution in [3.63, 3.8) is 0 Å². The number of amides is 2. The standard InChI is InChI=1S/C20H29N3O4S/c1-3-18-23(20(25)15-4-6-16(26-2)7-5-15)17(14-28-18)19(24)21-8-9-22-10-12-27-13-11-22/h4-7,17-18H,3,8-14H2,1-2H3,(H,21,24). The van der Waals surface area contributed by atoms with Crippen molar-refractivity contribution in [2.45, 2.75) is 24.8 Å². The summed E-state index contributed by atoms with van der Waals surface area (Å²) in [4.78, 5) is 30.0. The first-order valence-corrected chi connectivity index (χ1v) is 10.8. The summed E-state index contributed by atoms with van der Waals surface area (Å²) in [7, 11) is 1.60. The lowest BCUT2D eigenvalue weighted by Crippen LogP contribution is -2.51. The minimum atomic E-state index is -0.436. The zero-order chi connectivity index (χ0) is 19.9. The molecule has 2 heterocycles. The van der Waals surface area contributed by atoms with Crippen LogP contribution in [0.2, 0.25) is 0 Å². The third-order valence-electron chi connectivity index (χ3n) is 5.15. The van der Waals surface area contributed by atoms with Gasteiger partial charge in [0.15, 0.2) is 0 Å². The third-order valence-corrected chi connectivity index (χ3v) is 6.60. The summed E-state index contributed by atoms with van der Waals surface area (Å²) in [5, 5.41) is 3.04. The third kappa shape index (κ3) is 4.98. The van der Waals surface area contributed by atoms with E-state index in [-0.39, 0.29) is 17.2 Å². The highest BCUT2D eigenvalue weighted by Crippen LogP contribution is 2.33. The molecule has 154 valence electrons. The van der Waals surface area contributed by atoms with Crippen LogP contribution in [0, 0.1) is 0 Å². The van der Waals surface area contributed by atoms with Gasteiger partial charge in [0.2, 0.25) is 5.91 Å². The van der Waals surface area contributed by atoms with Crippen LogP contribution in [-0.2, 0) is 9.53 Å². The van der Waals surface area contributed by atoms with Crippen molar-refractivity contribution in [1.29, 1.82) is 0 Å². The molecule has 0 radical (unpaired) electrons. The van der Waals surface area contributed by atoms with E-state index in [4.69, 9.17) is 9.47 Å². The molecule has 0 saturated carbocycles. The van der Waals surface area contributed by atoms with Crippen LogP contribution < -0.4 is 10.1 Å². The molecular weight excluding hydrogens is 378 g/mol. The van der Waals surface area contributed by atoms with E-state index in [9.17, 15) is 9.59 Å². The van der Waals surface area contributed by atoms with Gasteiger partial charge in [-0.3, -0.25) is 14.5 Å². The van der Waals surface area contributed by atoms with Gasteiger partial charge in [-0.1, -0.05) is 6.92 Å². The fraction of sp³-hybridized carbons (Fsp3) is 0.600. The molecular formula is C20H29N3O4S. The van der Waals surface area contributed by atoms with Crippen molar-refractivity contribution in [3.05, 3.63) is 29.8 Å². The Labute approximate surface area is 170 Å². The van der Waals surface area contributed by atoms with Gasteiger partial charge in [0.25, 0.3) is 5.91 Å². The topological polar surface area (TPSA) is 71.1 Å². The SMILES string of the molecule is CCC1SCC(C(=O)NCCN2CCOCC2)N1C(=O)c1ccc(OC)cc1. The predicted molar refractivity (Wildman–Crippen MR) is 110 cm³/mol. The van der Waals surface area contributed by atoms with Crippen molar-refractivity contribution in [2.24, 2.45) is 0 Å². The van der Waals surface area contributed by atoms with E-state index in [0.717, 1.165) is 39.3 Å². The number of carbonyl (C=O) groups is 2. The fourth-order valence-corrected chi connectivity index (χ4v) is 4.87. The van der Waals surface area contributed by atoms with Crippen molar-refractivity contribution in [3.8, 4) is 5.75 Å². The maximum atomic E-state index is 13.1. The molecule has 2 unspecified atom stereocenters. The minimum absolute atomic E-state index is 0.0181. The van der Waals surface area contributed by atoms with Gasteiger partial charge in [-0.25, -0.2) is 0 Å². The fourth-order valence-electron chi connectivity index (χ4n) is 3.51. The number of nitrogens with zero attached hydrogens (tertiary/aromatic N) is 2. The van der Waals surface area contributed by atoms with E-state index in [1.165, 1.54) is 0 Å². The van der Waals surface area contributed by atoms with Gasteiger partial charge in [0.05, 0.1) is 25.7 Å². The van der Waals surface area contributed by atoms with Gasteiger partial charge in [-0.05, 0) is 30.7 Å². The van der Waals surface area contributed by atoms with E-state index in [0.29, 0.717) is 23.6 Å². The minimum Gasteiger partial charge on any atom is -0.497 e. The number of methoxy groups -OCH3 is 1. The molecule has 3 rings (SSSR count). The maximum absolute atomic E-state index is 13.1. The average Bonchev–Trinajstić information content (AvgIpc) is 3.18. The van der Waals surface area contributed by atoms with E-state index >= 15 is 0 Å². The van der Waals surface area contributed by atoms with Gasteiger partial charge in [0.1, 0.15) is 11.8 Å². The Morgan fingerprint density at radius 3 is 2.61 bits per heavy atom. The molecule has 8 heteroatoms. The quantitative estimate of drug-likeness (QED) is 0.738. The Balaban J connectivity index is 1.61. The highest BCUT2D eigenvalue weighted by atomic mass is 32.2. The first kappa shape index (κ1) is 21.0. The number of nitrogens with one attached hydrogen (secondary N) is 1. The number of hydrogen-bond donors (Lipinski definition) is 1. The highest BCUT2D eigenvalue weighted by molar-refractivity contribution is 8.00. The van der Waals surface area contributed by atoms with E-state index in [1.54, 1.807) is 48.0 Å². The van der Waals surface area contributed by atoms with Gasteiger partial charge < -0.3 is 19.7 Å². The summed E-state index contributed by atoms with van der Waals surface area (Å²) in [5.74, 6) is 1.16. The summed E-state index contributed by atoms with van der Waals surface area (Å²) in [6.07, 6.45) is 0.810. The molecule has 28 heavy (non-hydrogen) atoms. The van der Waals surface area contributed by atoms with Crippen LogP contribution in [0.3, 0.4) is 0 Å². The molecule has 2 atom stereocenters. The number of carbonyl (C=O) groups excluding carboxylic acids is 2. The van der Waals surface area contributed by atoms with Crippen LogP contribution >= 0.6 is 11.8 Å². The van der Waals surface area contributed by atoms with Gasteiger partial charge in [0, 0.05) is 37.5 Å². The molecule has 2 fully saturated rings.